The number of rotatable bonds is 4. The van der Waals surface area contributed by atoms with Crippen molar-refractivity contribution < 1.29 is 14.5 Å². The maximum Gasteiger partial charge on any atom is 0.272 e. The summed E-state index contributed by atoms with van der Waals surface area (Å²) in [5, 5.41) is 10.7. The maximum absolute atomic E-state index is 10.9. The molecule has 0 aliphatic rings. The topological polar surface area (TPSA) is 69.4 Å². The van der Waals surface area contributed by atoms with Crippen LogP contribution in [0, 0.1) is 17.0 Å². The lowest BCUT2D eigenvalue weighted by atomic mass is 10.2. The number of hydrogen-bond donors (Lipinski definition) is 0. The third kappa shape index (κ3) is 2.77. The quantitative estimate of drug-likeness (QED) is 0.477. The van der Waals surface area contributed by atoms with Crippen molar-refractivity contribution in [1.82, 2.24) is 0 Å². The molecule has 96 valence electrons. The van der Waals surface area contributed by atoms with Gasteiger partial charge in [-0.25, -0.2) is 0 Å². The van der Waals surface area contributed by atoms with E-state index in [0.29, 0.717) is 28.9 Å². The van der Waals surface area contributed by atoms with Gasteiger partial charge in [-0.15, -0.1) is 0 Å². The van der Waals surface area contributed by atoms with Gasteiger partial charge in [-0.3, -0.25) is 14.9 Å². The fourth-order valence-electron chi connectivity index (χ4n) is 1.69. The first-order valence-electron chi connectivity index (χ1n) is 5.59. The third-order valence-electron chi connectivity index (χ3n) is 2.64. The monoisotopic (exact) mass is 257 g/mol. The van der Waals surface area contributed by atoms with Gasteiger partial charge in [0, 0.05) is 11.6 Å². The summed E-state index contributed by atoms with van der Waals surface area (Å²) in [6, 6.07) is 11.2. The van der Waals surface area contributed by atoms with E-state index in [4.69, 9.17) is 4.74 Å². The van der Waals surface area contributed by atoms with Gasteiger partial charge in [0.1, 0.15) is 11.5 Å². The molecule has 0 spiro atoms. The Morgan fingerprint density at radius 1 is 1.21 bits per heavy atom. The van der Waals surface area contributed by atoms with E-state index in [2.05, 4.69) is 0 Å². The molecule has 5 nitrogen and oxygen atoms in total. The van der Waals surface area contributed by atoms with Gasteiger partial charge in [0.05, 0.1) is 10.5 Å². The zero-order chi connectivity index (χ0) is 13.8. The Hall–Kier alpha value is -2.69. The van der Waals surface area contributed by atoms with Gasteiger partial charge in [0.2, 0.25) is 0 Å². The highest BCUT2D eigenvalue weighted by Crippen LogP contribution is 2.28. The molecule has 5 heteroatoms. The van der Waals surface area contributed by atoms with Crippen molar-refractivity contribution in [3.05, 3.63) is 63.7 Å². The van der Waals surface area contributed by atoms with E-state index >= 15 is 0 Å². The molecule has 0 saturated carbocycles. The van der Waals surface area contributed by atoms with Gasteiger partial charge in [0.25, 0.3) is 5.69 Å². The van der Waals surface area contributed by atoms with Crippen LogP contribution >= 0.6 is 0 Å². The van der Waals surface area contributed by atoms with Crippen LogP contribution in [0.1, 0.15) is 15.9 Å². The van der Waals surface area contributed by atoms with Crippen molar-refractivity contribution in [2.75, 3.05) is 0 Å². The molecule has 2 aromatic rings. The molecule has 19 heavy (non-hydrogen) atoms. The number of carbonyl (C=O) groups excluding carboxylic acids is 1. The molecule has 0 aliphatic carbocycles. The number of nitrogens with zero attached hydrogens (tertiary/aromatic N) is 1. The molecule has 2 aromatic carbocycles. The van der Waals surface area contributed by atoms with E-state index in [1.165, 1.54) is 12.1 Å². The number of benzene rings is 2. The number of para-hydroxylation sites is 1. The number of ether oxygens (including phenoxy) is 1. The zero-order valence-electron chi connectivity index (χ0n) is 10.2. The van der Waals surface area contributed by atoms with E-state index < -0.39 is 4.92 Å². The number of aldehydes is 1. The minimum Gasteiger partial charge on any atom is -0.457 e. The minimum atomic E-state index is -0.446. The van der Waals surface area contributed by atoms with Crippen LogP contribution in [-0.4, -0.2) is 11.2 Å². The molecule has 0 radical (unpaired) electrons. The average molecular weight is 257 g/mol. The van der Waals surface area contributed by atoms with E-state index in [1.807, 2.05) is 0 Å². The highest BCUT2D eigenvalue weighted by Gasteiger charge is 2.11. The van der Waals surface area contributed by atoms with E-state index in [1.54, 1.807) is 37.3 Å². The molecule has 0 N–H and O–H groups in total. The minimum absolute atomic E-state index is 0.0380. The number of carbonyl (C=O) groups is 1. The van der Waals surface area contributed by atoms with E-state index in [0.717, 1.165) is 0 Å². The predicted molar refractivity (Wildman–Crippen MR) is 69.7 cm³/mol. The van der Waals surface area contributed by atoms with Crippen molar-refractivity contribution >= 4 is 12.0 Å². The second kappa shape index (κ2) is 5.30. The standard InChI is InChI=1S/C14H11NO4/c1-10-8-12(6-7-13(10)15(17)18)19-14-5-3-2-4-11(14)9-16/h2-9H,1H3. The average Bonchev–Trinajstić information content (AvgIpc) is 2.39. The molecule has 0 amide bonds. The van der Waals surface area contributed by atoms with Gasteiger partial charge >= 0.3 is 0 Å². The highest BCUT2D eigenvalue weighted by molar-refractivity contribution is 5.79. The van der Waals surface area contributed by atoms with Crippen LogP contribution in [0.25, 0.3) is 0 Å². The molecule has 2 rings (SSSR count). The zero-order valence-corrected chi connectivity index (χ0v) is 10.2. The van der Waals surface area contributed by atoms with Gasteiger partial charge in [0.15, 0.2) is 6.29 Å². The third-order valence-corrected chi connectivity index (χ3v) is 2.64. The van der Waals surface area contributed by atoms with E-state index in [9.17, 15) is 14.9 Å². The van der Waals surface area contributed by atoms with Crippen molar-refractivity contribution in [3.8, 4) is 11.5 Å². The lowest BCUT2D eigenvalue weighted by Crippen LogP contribution is -1.94. The Kier molecular flexibility index (Phi) is 3.56. The largest absolute Gasteiger partial charge is 0.457 e. The number of hydrogen-bond acceptors (Lipinski definition) is 4. The van der Waals surface area contributed by atoms with Crippen LogP contribution in [0.4, 0.5) is 5.69 Å². The second-order valence-corrected chi connectivity index (χ2v) is 3.96. The van der Waals surface area contributed by atoms with Crippen LogP contribution < -0.4 is 4.74 Å². The number of aryl methyl sites for hydroxylation is 1. The van der Waals surface area contributed by atoms with Crippen molar-refractivity contribution in [2.45, 2.75) is 6.92 Å². The van der Waals surface area contributed by atoms with Crippen molar-refractivity contribution in [3.63, 3.8) is 0 Å². The van der Waals surface area contributed by atoms with Crippen LogP contribution in [0.3, 0.4) is 0 Å². The smallest absolute Gasteiger partial charge is 0.272 e. The fourth-order valence-corrected chi connectivity index (χ4v) is 1.69. The molecule has 0 saturated heterocycles. The van der Waals surface area contributed by atoms with Gasteiger partial charge < -0.3 is 4.74 Å². The Balaban J connectivity index is 2.31. The summed E-state index contributed by atoms with van der Waals surface area (Å²) in [6.07, 6.45) is 0.702. The number of nitro groups is 1. The first kappa shape index (κ1) is 12.8. The van der Waals surface area contributed by atoms with Gasteiger partial charge in [-0.2, -0.15) is 0 Å². The normalized spacial score (nSPS) is 9.95. The summed E-state index contributed by atoms with van der Waals surface area (Å²) in [5.41, 5.74) is 0.973. The van der Waals surface area contributed by atoms with Gasteiger partial charge in [-0.05, 0) is 31.2 Å². The summed E-state index contributed by atoms with van der Waals surface area (Å²) in [6.45, 7) is 1.64. The van der Waals surface area contributed by atoms with Crippen molar-refractivity contribution in [2.24, 2.45) is 0 Å². The Labute approximate surface area is 109 Å². The summed E-state index contributed by atoms with van der Waals surface area (Å²) >= 11 is 0. The molecular formula is C14H11NO4. The van der Waals surface area contributed by atoms with Crippen molar-refractivity contribution in [1.29, 1.82) is 0 Å². The molecule has 0 unspecified atom stereocenters. The molecule has 0 aliphatic heterocycles. The van der Waals surface area contributed by atoms with Crippen LogP contribution in [-0.2, 0) is 0 Å². The predicted octanol–water partition coefficient (Wildman–Crippen LogP) is 3.51. The maximum atomic E-state index is 10.9. The Morgan fingerprint density at radius 2 is 1.95 bits per heavy atom. The lowest BCUT2D eigenvalue weighted by Gasteiger charge is -2.08. The molecule has 0 aromatic heterocycles. The molecule has 0 bridgehead atoms. The van der Waals surface area contributed by atoms with Crippen LogP contribution in [0.15, 0.2) is 42.5 Å². The molecular weight excluding hydrogens is 246 g/mol. The molecule has 0 heterocycles. The summed E-state index contributed by atoms with van der Waals surface area (Å²) in [7, 11) is 0. The SMILES string of the molecule is Cc1cc(Oc2ccccc2C=O)ccc1[N+](=O)[O-]. The Morgan fingerprint density at radius 3 is 2.58 bits per heavy atom. The fraction of sp³-hybridized carbons (Fsp3) is 0.0714. The first-order valence-corrected chi connectivity index (χ1v) is 5.59. The van der Waals surface area contributed by atoms with Crippen LogP contribution in [0.5, 0.6) is 11.5 Å². The summed E-state index contributed by atoms with van der Waals surface area (Å²) in [5.74, 6) is 0.878. The molecule has 0 atom stereocenters. The number of nitro benzene ring substituents is 1. The van der Waals surface area contributed by atoms with E-state index in [-0.39, 0.29) is 5.69 Å². The summed E-state index contributed by atoms with van der Waals surface area (Å²) < 4.78 is 5.56. The summed E-state index contributed by atoms with van der Waals surface area (Å²) in [4.78, 5) is 21.1. The highest BCUT2D eigenvalue weighted by atomic mass is 16.6. The lowest BCUT2D eigenvalue weighted by molar-refractivity contribution is -0.385. The van der Waals surface area contributed by atoms with Gasteiger partial charge in [-0.1, -0.05) is 12.1 Å². The first-order chi connectivity index (χ1) is 9.11. The van der Waals surface area contributed by atoms with Crippen LogP contribution in [0.2, 0.25) is 0 Å². The second-order valence-electron chi connectivity index (χ2n) is 3.96. The Bertz CT molecular complexity index is 637. The molecule has 0 fully saturated rings.